The van der Waals surface area contributed by atoms with Gasteiger partial charge in [0.2, 0.25) is 5.91 Å². The molecule has 0 aromatic heterocycles. The van der Waals surface area contributed by atoms with Gasteiger partial charge in [-0.05, 0) is 40.3 Å². The van der Waals surface area contributed by atoms with Crippen molar-refractivity contribution in [1.29, 1.82) is 0 Å². The molecular weight excluding hydrogens is 214 g/mol. The molecule has 2 fully saturated rings. The van der Waals surface area contributed by atoms with Crippen molar-refractivity contribution in [3.05, 3.63) is 0 Å². The highest BCUT2D eigenvalue weighted by molar-refractivity contribution is 5.79. The largest absolute Gasteiger partial charge is 0.341 e. The first-order chi connectivity index (χ1) is 8.08. The number of hydrogen-bond acceptors (Lipinski definition) is 3. The molecule has 0 bridgehead atoms. The Hall–Kier alpha value is -0.610. The molecule has 1 N–H and O–H groups in total. The Morgan fingerprint density at radius 3 is 2.59 bits per heavy atom. The average molecular weight is 239 g/mol. The third-order valence-corrected chi connectivity index (χ3v) is 4.22. The summed E-state index contributed by atoms with van der Waals surface area (Å²) in [6, 6.07) is 1.13. The quantitative estimate of drug-likeness (QED) is 0.764. The second-order valence-corrected chi connectivity index (χ2v) is 5.77. The number of hydrogen-bond donors (Lipinski definition) is 1. The number of carbonyl (C=O) groups is 1. The first kappa shape index (κ1) is 12.8. The van der Waals surface area contributed by atoms with Crippen LogP contribution >= 0.6 is 0 Å². The molecular formula is C13H25N3O. The van der Waals surface area contributed by atoms with Gasteiger partial charge in [0, 0.05) is 31.7 Å². The Kier molecular flexibility index (Phi) is 4.05. The molecule has 1 amide bonds. The predicted molar refractivity (Wildman–Crippen MR) is 68.9 cm³/mol. The maximum atomic E-state index is 12.3. The fourth-order valence-electron chi connectivity index (χ4n) is 2.83. The molecule has 2 aliphatic heterocycles. The zero-order chi connectivity index (χ0) is 12.4. The molecule has 4 nitrogen and oxygen atoms in total. The van der Waals surface area contributed by atoms with E-state index in [1.165, 1.54) is 0 Å². The van der Waals surface area contributed by atoms with E-state index in [1.807, 2.05) is 0 Å². The van der Waals surface area contributed by atoms with Crippen LogP contribution in [-0.4, -0.2) is 61.5 Å². The molecule has 2 heterocycles. The minimum Gasteiger partial charge on any atom is -0.341 e. The first-order valence-electron chi connectivity index (χ1n) is 6.76. The molecule has 3 unspecified atom stereocenters. The second kappa shape index (κ2) is 5.36. The van der Waals surface area contributed by atoms with E-state index in [1.54, 1.807) is 0 Å². The Morgan fingerprint density at radius 1 is 1.29 bits per heavy atom. The maximum absolute atomic E-state index is 12.3. The number of likely N-dealkylation sites (tertiary alicyclic amines) is 1. The van der Waals surface area contributed by atoms with Crippen molar-refractivity contribution >= 4 is 5.91 Å². The monoisotopic (exact) mass is 239 g/mol. The summed E-state index contributed by atoms with van der Waals surface area (Å²) in [4.78, 5) is 16.6. The molecule has 0 saturated carbocycles. The lowest BCUT2D eigenvalue weighted by molar-refractivity contribution is -0.135. The van der Waals surface area contributed by atoms with Crippen LogP contribution in [0.5, 0.6) is 0 Å². The van der Waals surface area contributed by atoms with Gasteiger partial charge in [0.25, 0.3) is 0 Å². The van der Waals surface area contributed by atoms with Crippen LogP contribution in [0.2, 0.25) is 0 Å². The normalized spacial score (nSPS) is 34.4. The van der Waals surface area contributed by atoms with Gasteiger partial charge in [-0.3, -0.25) is 4.79 Å². The minimum absolute atomic E-state index is 0.215. The third kappa shape index (κ3) is 2.99. The Bertz CT molecular complexity index is 272. The van der Waals surface area contributed by atoms with Gasteiger partial charge >= 0.3 is 0 Å². The van der Waals surface area contributed by atoms with Crippen molar-refractivity contribution in [1.82, 2.24) is 15.1 Å². The van der Waals surface area contributed by atoms with E-state index in [4.69, 9.17) is 0 Å². The van der Waals surface area contributed by atoms with Crippen molar-refractivity contribution in [2.45, 2.75) is 38.3 Å². The fourth-order valence-corrected chi connectivity index (χ4v) is 2.83. The van der Waals surface area contributed by atoms with E-state index in [0.29, 0.717) is 18.0 Å². The second-order valence-electron chi connectivity index (χ2n) is 5.77. The standard InChI is InChI=1S/C13H25N3O/c1-10-4-5-11(8-14-10)13(17)16-7-6-12(9-16)15(2)3/h10-12,14H,4-9H2,1-3H3. The number of likely N-dealkylation sites (N-methyl/N-ethyl adjacent to an activating group) is 1. The molecule has 0 aromatic rings. The van der Waals surface area contributed by atoms with Gasteiger partial charge in [0.05, 0.1) is 5.92 Å². The summed E-state index contributed by atoms with van der Waals surface area (Å²) in [6.45, 7) is 4.91. The van der Waals surface area contributed by atoms with Crippen molar-refractivity contribution in [2.75, 3.05) is 33.7 Å². The third-order valence-electron chi connectivity index (χ3n) is 4.22. The number of rotatable bonds is 2. The molecule has 2 rings (SSSR count). The summed E-state index contributed by atoms with van der Waals surface area (Å²) in [7, 11) is 4.20. The minimum atomic E-state index is 0.215. The van der Waals surface area contributed by atoms with E-state index in [0.717, 1.165) is 38.9 Å². The smallest absolute Gasteiger partial charge is 0.227 e. The topological polar surface area (TPSA) is 35.6 Å². The molecule has 0 aromatic carbocycles. The van der Waals surface area contributed by atoms with Crippen LogP contribution in [0.3, 0.4) is 0 Å². The van der Waals surface area contributed by atoms with Crippen LogP contribution in [0.4, 0.5) is 0 Å². The van der Waals surface area contributed by atoms with E-state index < -0.39 is 0 Å². The summed E-state index contributed by atoms with van der Waals surface area (Å²) in [6.07, 6.45) is 3.30. The van der Waals surface area contributed by atoms with Crippen LogP contribution in [0.25, 0.3) is 0 Å². The van der Waals surface area contributed by atoms with Crippen molar-refractivity contribution in [3.63, 3.8) is 0 Å². The number of nitrogens with one attached hydrogen (secondary N) is 1. The van der Waals surface area contributed by atoms with Crippen LogP contribution in [0.15, 0.2) is 0 Å². The highest BCUT2D eigenvalue weighted by Crippen LogP contribution is 2.21. The molecule has 0 aliphatic carbocycles. The molecule has 2 saturated heterocycles. The lowest BCUT2D eigenvalue weighted by atomic mass is 9.94. The summed E-state index contributed by atoms with van der Waals surface area (Å²) in [5.41, 5.74) is 0. The highest BCUT2D eigenvalue weighted by atomic mass is 16.2. The fraction of sp³-hybridized carbons (Fsp3) is 0.923. The number of amides is 1. The van der Waals surface area contributed by atoms with Crippen LogP contribution in [0.1, 0.15) is 26.2 Å². The Labute approximate surface area is 104 Å². The van der Waals surface area contributed by atoms with Crippen molar-refractivity contribution in [3.8, 4) is 0 Å². The SMILES string of the molecule is CC1CCC(C(=O)N2CCC(N(C)C)C2)CN1. The van der Waals surface area contributed by atoms with Crippen molar-refractivity contribution < 1.29 is 4.79 Å². The van der Waals surface area contributed by atoms with E-state index in [2.05, 4.69) is 36.1 Å². The molecule has 17 heavy (non-hydrogen) atoms. The molecule has 0 radical (unpaired) electrons. The van der Waals surface area contributed by atoms with Gasteiger partial charge in [0.15, 0.2) is 0 Å². The van der Waals surface area contributed by atoms with Crippen LogP contribution in [-0.2, 0) is 4.79 Å². The summed E-state index contributed by atoms with van der Waals surface area (Å²) >= 11 is 0. The van der Waals surface area contributed by atoms with Gasteiger partial charge < -0.3 is 15.1 Å². The van der Waals surface area contributed by atoms with Crippen molar-refractivity contribution in [2.24, 2.45) is 5.92 Å². The predicted octanol–water partition coefficient (Wildman–Crippen LogP) is 0.537. The molecule has 0 spiro atoms. The van der Waals surface area contributed by atoms with E-state index >= 15 is 0 Å². The van der Waals surface area contributed by atoms with E-state index in [9.17, 15) is 4.79 Å². The Morgan fingerprint density at radius 2 is 2.06 bits per heavy atom. The maximum Gasteiger partial charge on any atom is 0.227 e. The number of piperidine rings is 1. The molecule has 2 aliphatic rings. The van der Waals surface area contributed by atoms with Crippen LogP contribution in [0, 0.1) is 5.92 Å². The van der Waals surface area contributed by atoms with Gasteiger partial charge in [-0.15, -0.1) is 0 Å². The van der Waals surface area contributed by atoms with Gasteiger partial charge in [-0.2, -0.15) is 0 Å². The summed E-state index contributed by atoms with van der Waals surface area (Å²) in [5, 5.41) is 3.41. The van der Waals surface area contributed by atoms with E-state index in [-0.39, 0.29) is 5.92 Å². The average Bonchev–Trinajstić information content (AvgIpc) is 2.78. The zero-order valence-corrected chi connectivity index (χ0v) is 11.3. The van der Waals surface area contributed by atoms with Gasteiger partial charge in [-0.1, -0.05) is 0 Å². The zero-order valence-electron chi connectivity index (χ0n) is 11.3. The summed E-state index contributed by atoms with van der Waals surface area (Å²) < 4.78 is 0. The lowest BCUT2D eigenvalue weighted by Gasteiger charge is -2.30. The lowest BCUT2D eigenvalue weighted by Crippen LogP contribution is -2.45. The van der Waals surface area contributed by atoms with Gasteiger partial charge in [-0.25, -0.2) is 0 Å². The summed E-state index contributed by atoms with van der Waals surface area (Å²) in [5.74, 6) is 0.584. The highest BCUT2D eigenvalue weighted by Gasteiger charge is 2.32. The number of nitrogens with zero attached hydrogens (tertiary/aromatic N) is 2. The van der Waals surface area contributed by atoms with Crippen LogP contribution < -0.4 is 5.32 Å². The first-order valence-corrected chi connectivity index (χ1v) is 6.76. The molecule has 3 atom stereocenters. The number of carbonyl (C=O) groups excluding carboxylic acids is 1. The van der Waals surface area contributed by atoms with Gasteiger partial charge in [0.1, 0.15) is 0 Å². The molecule has 98 valence electrons. The molecule has 4 heteroatoms. The Balaban J connectivity index is 1.84.